The lowest BCUT2D eigenvalue weighted by atomic mass is 10.2. The first kappa shape index (κ1) is 23.3. The highest BCUT2D eigenvalue weighted by molar-refractivity contribution is 7.99. The third kappa shape index (κ3) is 7.39. The molecule has 0 fully saturated rings. The first-order valence-electron chi connectivity index (χ1n) is 10.3. The summed E-state index contributed by atoms with van der Waals surface area (Å²) in [5.41, 5.74) is 3.62. The monoisotopic (exact) mass is 449 g/mol. The van der Waals surface area contributed by atoms with Gasteiger partial charge in [0.15, 0.2) is 5.16 Å². The van der Waals surface area contributed by atoms with Gasteiger partial charge in [-0.25, -0.2) is 14.8 Å². The van der Waals surface area contributed by atoms with Gasteiger partial charge in [0, 0.05) is 48.5 Å². The van der Waals surface area contributed by atoms with Gasteiger partial charge in [-0.2, -0.15) is 0 Å². The molecule has 2 aromatic carbocycles. The maximum atomic E-state index is 12.2. The van der Waals surface area contributed by atoms with Crippen molar-refractivity contribution >= 4 is 29.4 Å². The lowest BCUT2D eigenvalue weighted by Crippen LogP contribution is -2.38. The number of urea groups is 1. The largest absolute Gasteiger partial charge is 0.337 e. The van der Waals surface area contributed by atoms with Crippen LogP contribution < -0.4 is 10.6 Å². The van der Waals surface area contributed by atoms with Crippen LogP contribution in [0, 0.1) is 13.8 Å². The Morgan fingerprint density at radius 2 is 1.62 bits per heavy atom. The van der Waals surface area contributed by atoms with Crippen LogP contribution in [0.25, 0.3) is 0 Å². The topological polar surface area (TPSA) is 87.2 Å². The predicted octanol–water partition coefficient (Wildman–Crippen LogP) is 4.41. The number of benzene rings is 2. The van der Waals surface area contributed by atoms with Crippen LogP contribution in [0.1, 0.15) is 23.4 Å². The van der Waals surface area contributed by atoms with Gasteiger partial charge in [-0.1, -0.05) is 30.3 Å². The molecule has 32 heavy (non-hydrogen) atoms. The average molecular weight is 450 g/mol. The van der Waals surface area contributed by atoms with Crippen molar-refractivity contribution in [1.82, 2.24) is 20.2 Å². The molecule has 0 saturated carbocycles. The highest BCUT2D eigenvalue weighted by Crippen LogP contribution is 2.26. The third-order valence-corrected chi connectivity index (χ3v) is 5.42. The lowest BCUT2D eigenvalue weighted by Gasteiger charge is -2.18. The molecule has 0 saturated heterocycles. The first-order valence-corrected chi connectivity index (χ1v) is 11.1. The second-order valence-corrected chi connectivity index (χ2v) is 8.47. The summed E-state index contributed by atoms with van der Waals surface area (Å²) in [4.78, 5) is 35.8. The molecule has 0 bridgehead atoms. The number of carbonyl (C=O) groups excluding carboxylic acids is 2. The van der Waals surface area contributed by atoms with Crippen molar-refractivity contribution in [3.63, 3.8) is 0 Å². The molecule has 7 nitrogen and oxygen atoms in total. The van der Waals surface area contributed by atoms with Crippen LogP contribution in [-0.4, -0.2) is 40.4 Å². The number of aryl methyl sites for hydroxylation is 2. The van der Waals surface area contributed by atoms with E-state index in [1.165, 1.54) is 11.8 Å². The number of anilines is 1. The molecule has 8 heteroatoms. The van der Waals surface area contributed by atoms with Gasteiger partial charge in [-0.05, 0) is 61.5 Å². The van der Waals surface area contributed by atoms with Crippen LogP contribution in [0.2, 0.25) is 0 Å². The zero-order valence-corrected chi connectivity index (χ0v) is 19.3. The predicted molar refractivity (Wildman–Crippen MR) is 127 cm³/mol. The lowest BCUT2D eigenvalue weighted by molar-refractivity contribution is -0.116. The van der Waals surface area contributed by atoms with E-state index in [1.54, 1.807) is 11.9 Å². The Morgan fingerprint density at radius 3 is 2.28 bits per heavy atom. The van der Waals surface area contributed by atoms with Crippen molar-refractivity contribution in [2.45, 2.75) is 36.9 Å². The normalized spacial score (nSPS) is 10.5. The molecular weight excluding hydrogens is 422 g/mol. The summed E-state index contributed by atoms with van der Waals surface area (Å²) in [5, 5.41) is 6.32. The summed E-state index contributed by atoms with van der Waals surface area (Å²) in [5.74, 6) is -0.158. The molecule has 3 amide bonds. The third-order valence-electron chi connectivity index (χ3n) is 4.55. The van der Waals surface area contributed by atoms with E-state index in [9.17, 15) is 9.59 Å². The second kappa shape index (κ2) is 11.3. The van der Waals surface area contributed by atoms with Gasteiger partial charge >= 0.3 is 6.03 Å². The van der Waals surface area contributed by atoms with Crippen molar-refractivity contribution < 1.29 is 9.59 Å². The Kier molecular flexibility index (Phi) is 8.21. The molecule has 3 aromatic rings. The minimum Gasteiger partial charge on any atom is -0.337 e. The number of carbonyl (C=O) groups is 2. The smallest absolute Gasteiger partial charge is 0.317 e. The molecule has 1 heterocycles. The van der Waals surface area contributed by atoms with Crippen LogP contribution in [0.15, 0.2) is 70.7 Å². The molecule has 2 N–H and O–H groups in total. The number of rotatable bonds is 8. The number of aromatic nitrogens is 2. The number of amides is 3. The maximum absolute atomic E-state index is 12.2. The van der Waals surface area contributed by atoms with Gasteiger partial charge in [0.05, 0.1) is 0 Å². The summed E-state index contributed by atoms with van der Waals surface area (Å²) >= 11 is 1.48. The fourth-order valence-electron chi connectivity index (χ4n) is 3.02. The Balaban J connectivity index is 1.41. The molecule has 0 radical (unpaired) electrons. The summed E-state index contributed by atoms with van der Waals surface area (Å²) < 4.78 is 0. The molecule has 0 aliphatic carbocycles. The molecule has 1 aromatic heterocycles. The zero-order valence-electron chi connectivity index (χ0n) is 18.5. The van der Waals surface area contributed by atoms with Crippen LogP contribution in [0.4, 0.5) is 10.5 Å². The van der Waals surface area contributed by atoms with Crippen LogP contribution in [0.3, 0.4) is 0 Å². The van der Waals surface area contributed by atoms with Gasteiger partial charge < -0.3 is 15.5 Å². The van der Waals surface area contributed by atoms with Gasteiger partial charge in [0.1, 0.15) is 0 Å². The summed E-state index contributed by atoms with van der Waals surface area (Å²) in [7, 11) is 1.73. The van der Waals surface area contributed by atoms with Gasteiger partial charge in [-0.3, -0.25) is 4.79 Å². The SMILES string of the molecule is Cc1cc(C)nc(Sc2ccc(NC(=O)CCNC(=O)N(C)Cc3ccccc3)cc2)n1. The molecule has 0 spiro atoms. The number of nitrogens with zero attached hydrogens (tertiary/aromatic N) is 3. The zero-order chi connectivity index (χ0) is 22.9. The van der Waals surface area contributed by atoms with Crippen molar-refractivity contribution in [1.29, 1.82) is 0 Å². The molecule has 0 unspecified atom stereocenters. The number of hydrogen-bond acceptors (Lipinski definition) is 5. The Bertz CT molecular complexity index is 1040. The van der Waals surface area contributed by atoms with Crippen molar-refractivity contribution in [3.05, 3.63) is 77.6 Å². The summed E-state index contributed by atoms with van der Waals surface area (Å²) in [6.45, 7) is 4.67. The van der Waals surface area contributed by atoms with Gasteiger partial charge in [-0.15, -0.1) is 0 Å². The second-order valence-electron chi connectivity index (χ2n) is 7.43. The van der Waals surface area contributed by atoms with Crippen LogP contribution in [0.5, 0.6) is 0 Å². The van der Waals surface area contributed by atoms with E-state index in [2.05, 4.69) is 20.6 Å². The average Bonchev–Trinajstić information content (AvgIpc) is 2.75. The molecule has 166 valence electrons. The maximum Gasteiger partial charge on any atom is 0.317 e. The van der Waals surface area contributed by atoms with E-state index >= 15 is 0 Å². The van der Waals surface area contributed by atoms with Crippen LogP contribution >= 0.6 is 11.8 Å². The number of nitrogens with one attached hydrogen (secondary N) is 2. The summed E-state index contributed by atoms with van der Waals surface area (Å²) in [6, 6.07) is 19.0. The molecule has 0 aliphatic heterocycles. The Morgan fingerprint density at radius 1 is 0.969 bits per heavy atom. The van der Waals surface area contributed by atoms with Gasteiger partial charge in [0.2, 0.25) is 5.91 Å². The minimum atomic E-state index is -0.211. The van der Waals surface area contributed by atoms with Crippen molar-refractivity contribution in [3.8, 4) is 0 Å². The van der Waals surface area contributed by atoms with Crippen molar-refractivity contribution in [2.75, 3.05) is 18.9 Å². The highest BCUT2D eigenvalue weighted by Gasteiger charge is 2.10. The molecular formula is C24H27N5O2S. The van der Waals surface area contributed by atoms with E-state index in [4.69, 9.17) is 0 Å². The molecule has 0 aliphatic rings. The summed E-state index contributed by atoms with van der Waals surface area (Å²) in [6.07, 6.45) is 0.192. The molecule has 0 atom stereocenters. The molecule has 3 rings (SSSR count). The first-order chi connectivity index (χ1) is 15.4. The quantitative estimate of drug-likeness (QED) is 0.497. The van der Waals surface area contributed by atoms with Gasteiger partial charge in [0.25, 0.3) is 0 Å². The fourth-order valence-corrected chi connectivity index (χ4v) is 3.88. The Labute approximate surface area is 192 Å². The standard InChI is InChI=1S/C24H27N5O2S/c1-17-15-18(2)27-23(26-17)32-21-11-9-20(10-12-21)28-22(30)13-14-25-24(31)29(3)16-19-7-5-4-6-8-19/h4-12,15H,13-14,16H2,1-3H3,(H,25,31)(H,28,30). The van der Waals surface area contributed by atoms with E-state index in [1.807, 2.05) is 74.5 Å². The van der Waals surface area contributed by atoms with E-state index < -0.39 is 0 Å². The Hall–Kier alpha value is -3.39. The highest BCUT2D eigenvalue weighted by atomic mass is 32.2. The van der Waals surface area contributed by atoms with E-state index in [0.29, 0.717) is 17.4 Å². The van der Waals surface area contributed by atoms with Crippen LogP contribution in [-0.2, 0) is 11.3 Å². The number of hydrogen-bond donors (Lipinski definition) is 2. The van der Waals surface area contributed by atoms with Crippen molar-refractivity contribution in [2.24, 2.45) is 0 Å². The van der Waals surface area contributed by atoms with E-state index in [-0.39, 0.29) is 24.9 Å². The minimum absolute atomic E-state index is 0.158. The van der Waals surface area contributed by atoms with E-state index in [0.717, 1.165) is 21.8 Å². The fraction of sp³-hybridized carbons (Fsp3) is 0.250.